The van der Waals surface area contributed by atoms with Gasteiger partial charge in [-0.25, -0.2) is 4.79 Å². The molecule has 2 aromatic carbocycles. The number of methoxy groups -OCH3 is 1. The highest BCUT2D eigenvalue weighted by atomic mass is 16.5. The average molecular weight is 383 g/mol. The summed E-state index contributed by atoms with van der Waals surface area (Å²) < 4.78 is 10.9. The number of nitrogens with zero attached hydrogens (tertiary/aromatic N) is 2. The van der Waals surface area contributed by atoms with E-state index in [1.807, 2.05) is 48.2 Å². The number of anilines is 1. The second kappa shape index (κ2) is 9.99. The molecule has 1 saturated heterocycles. The predicted molar refractivity (Wildman–Crippen MR) is 111 cm³/mol. The summed E-state index contributed by atoms with van der Waals surface area (Å²) in [4.78, 5) is 16.9. The van der Waals surface area contributed by atoms with Gasteiger partial charge in [0, 0.05) is 32.7 Å². The first-order valence-corrected chi connectivity index (χ1v) is 9.82. The zero-order valence-electron chi connectivity index (χ0n) is 16.7. The lowest BCUT2D eigenvalue weighted by molar-refractivity contribution is 0.148. The van der Waals surface area contributed by atoms with Crippen molar-refractivity contribution in [3.8, 4) is 11.5 Å². The highest BCUT2D eigenvalue weighted by Crippen LogP contribution is 2.24. The van der Waals surface area contributed by atoms with Gasteiger partial charge in [0.25, 0.3) is 0 Å². The van der Waals surface area contributed by atoms with E-state index >= 15 is 0 Å². The van der Waals surface area contributed by atoms with E-state index in [2.05, 4.69) is 22.3 Å². The first kappa shape index (κ1) is 20.0. The smallest absolute Gasteiger partial charge is 0.322 e. The number of amides is 2. The van der Waals surface area contributed by atoms with E-state index in [4.69, 9.17) is 9.47 Å². The molecule has 0 radical (unpaired) electrons. The van der Waals surface area contributed by atoms with Crippen LogP contribution in [0.3, 0.4) is 0 Å². The van der Waals surface area contributed by atoms with Crippen LogP contribution in [0.4, 0.5) is 10.5 Å². The number of para-hydroxylation sites is 2. The van der Waals surface area contributed by atoms with Gasteiger partial charge in [-0.15, -0.1) is 0 Å². The minimum Gasteiger partial charge on any atom is -0.497 e. The van der Waals surface area contributed by atoms with Gasteiger partial charge in [-0.1, -0.05) is 24.3 Å². The molecular formula is C22H29N3O3. The summed E-state index contributed by atoms with van der Waals surface area (Å²) >= 11 is 0. The van der Waals surface area contributed by atoms with E-state index in [0.717, 1.165) is 50.6 Å². The molecule has 1 N–H and O–H groups in total. The zero-order chi connectivity index (χ0) is 19.8. The number of benzene rings is 2. The number of carbonyl (C=O) groups is 1. The molecule has 1 aliphatic heterocycles. The van der Waals surface area contributed by atoms with Crippen molar-refractivity contribution < 1.29 is 14.3 Å². The topological polar surface area (TPSA) is 54.0 Å². The molecular weight excluding hydrogens is 354 g/mol. The van der Waals surface area contributed by atoms with Crippen molar-refractivity contribution in [2.45, 2.75) is 13.3 Å². The number of carbonyl (C=O) groups excluding carboxylic acids is 1. The lowest BCUT2D eigenvalue weighted by Gasteiger charge is -2.34. The van der Waals surface area contributed by atoms with Crippen LogP contribution in [0.2, 0.25) is 0 Å². The number of hydrogen-bond acceptors (Lipinski definition) is 4. The van der Waals surface area contributed by atoms with Crippen molar-refractivity contribution in [1.82, 2.24) is 9.80 Å². The summed E-state index contributed by atoms with van der Waals surface area (Å²) in [5.41, 5.74) is 1.99. The standard InChI is InChI=1S/C22H29N3O3/c1-3-28-21-10-5-4-9-20(21)23-22(26)25-15-13-24(14-16-25)12-11-18-7-6-8-19(17-18)27-2/h4-10,17H,3,11-16H2,1-2H3,(H,23,26). The molecule has 6 heteroatoms. The largest absolute Gasteiger partial charge is 0.497 e. The third-order valence-corrected chi connectivity index (χ3v) is 4.94. The zero-order valence-corrected chi connectivity index (χ0v) is 16.7. The quantitative estimate of drug-likeness (QED) is 0.795. The maximum absolute atomic E-state index is 12.6. The highest BCUT2D eigenvalue weighted by Gasteiger charge is 2.21. The Morgan fingerprint density at radius 2 is 1.86 bits per heavy atom. The van der Waals surface area contributed by atoms with E-state index in [0.29, 0.717) is 12.4 Å². The van der Waals surface area contributed by atoms with Gasteiger partial charge in [0.2, 0.25) is 0 Å². The number of nitrogens with one attached hydrogen (secondary N) is 1. The molecule has 3 rings (SSSR count). The fourth-order valence-electron chi connectivity index (χ4n) is 3.34. The Hall–Kier alpha value is -2.73. The molecule has 1 aliphatic rings. The molecule has 0 unspecified atom stereocenters. The van der Waals surface area contributed by atoms with E-state index < -0.39 is 0 Å². The lowest BCUT2D eigenvalue weighted by atomic mass is 10.1. The molecule has 1 heterocycles. The number of ether oxygens (including phenoxy) is 2. The van der Waals surface area contributed by atoms with Crippen LogP contribution in [0.5, 0.6) is 11.5 Å². The van der Waals surface area contributed by atoms with Gasteiger partial charge in [0.1, 0.15) is 11.5 Å². The molecule has 0 spiro atoms. The van der Waals surface area contributed by atoms with Crippen molar-refractivity contribution in [2.24, 2.45) is 0 Å². The number of hydrogen-bond donors (Lipinski definition) is 1. The second-order valence-electron chi connectivity index (χ2n) is 6.79. The van der Waals surface area contributed by atoms with E-state index in [1.54, 1.807) is 7.11 Å². The molecule has 6 nitrogen and oxygen atoms in total. The molecule has 0 aromatic heterocycles. The van der Waals surface area contributed by atoms with Crippen LogP contribution in [0.1, 0.15) is 12.5 Å². The van der Waals surface area contributed by atoms with Crippen LogP contribution in [0.25, 0.3) is 0 Å². The van der Waals surface area contributed by atoms with Crippen LogP contribution < -0.4 is 14.8 Å². The van der Waals surface area contributed by atoms with Crippen molar-refractivity contribution in [1.29, 1.82) is 0 Å². The van der Waals surface area contributed by atoms with Gasteiger partial charge in [-0.3, -0.25) is 4.90 Å². The molecule has 1 fully saturated rings. The highest BCUT2D eigenvalue weighted by molar-refractivity contribution is 5.91. The molecule has 0 saturated carbocycles. The first-order chi connectivity index (χ1) is 13.7. The molecule has 0 aliphatic carbocycles. The van der Waals surface area contributed by atoms with Crippen molar-refractivity contribution >= 4 is 11.7 Å². The summed E-state index contributed by atoms with van der Waals surface area (Å²) in [5.74, 6) is 1.60. The number of rotatable bonds is 7. The van der Waals surface area contributed by atoms with Crippen LogP contribution in [0, 0.1) is 0 Å². The van der Waals surface area contributed by atoms with Gasteiger partial charge >= 0.3 is 6.03 Å². The van der Waals surface area contributed by atoms with Crippen LogP contribution >= 0.6 is 0 Å². The Kier molecular flexibility index (Phi) is 7.14. The fourth-order valence-corrected chi connectivity index (χ4v) is 3.34. The van der Waals surface area contributed by atoms with E-state index in [9.17, 15) is 4.79 Å². The van der Waals surface area contributed by atoms with Crippen molar-refractivity contribution in [2.75, 3.05) is 51.8 Å². The molecule has 2 amide bonds. The molecule has 28 heavy (non-hydrogen) atoms. The Morgan fingerprint density at radius 1 is 1.07 bits per heavy atom. The lowest BCUT2D eigenvalue weighted by Crippen LogP contribution is -2.50. The minimum atomic E-state index is -0.0698. The number of piperazine rings is 1. The fraction of sp³-hybridized carbons (Fsp3) is 0.409. The van der Waals surface area contributed by atoms with Crippen LogP contribution in [-0.4, -0.2) is 62.3 Å². The molecule has 2 aromatic rings. The van der Waals surface area contributed by atoms with E-state index in [-0.39, 0.29) is 6.03 Å². The van der Waals surface area contributed by atoms with Crippen molar-refractivity contribution in [3.05, 3.63) is 54.1 Å². The summed E-state index contributed by atoms with van der Waals surface area (Å²) in [6, 6.07) is 15.7. The van der Waals surface area contributed by atoms with Gasteiger partial charge < -0.3 is 19.7 Å². The Bertz CT molecular complexity index is 773. The van der Waals surface area contributed by atoms with Gasteiger partial charge in [-0.2, -0.15) is 0 Å². The summed E-state index contributed by atoms with van der Waals surface area (Å²) in [7, 11) is 1.69. The van der Waals surface area contributed by atoms with Crippen LogP contribution in [-0.2, 0) is 6.42 Å². The predicted octanol–water partition coefficient (Wildman–Crippen LogP) is 3.49. The average Bonchev–Trinajstić information content (AvgIpc) is 2.74. The van der Waals surface area contributed by atoms with Gasteiger partial charge in [0.15, 0.2) is 0 Å². The summed E-state index contributed by atoms with van der Waals surface area (Å²) in [6.07, 6.45) is 0.977. The Labute approximate surface area is 167 Å². The third kappa shape index (κ3) is 5.39. The van der Waals surface area contributed by atoms with E-state index in [1.165, 1.54) is 5.56 Å². The monoisotopic (exact) mass is 383 g/mol. The summed E-state index contributed by atoms with van der Waals surface area (Å²) in [5, 5.41) is 2.98. The normalized spacial score (nSPS) is 14.6. The van der Waals surface area contributed by atoms with Crippen LogP contribution in [0.15, 0.2) is 48.5 Å². The van der Waals surface area contributed by atoms with Gasteiger partial charge in [-0.05, 0) is 43.2 Å². The Morgan fingerprint density at radius 3 is 2.61 bits per heavy atom. The third-order valence-electron chi connectivity index (χ3n) is 4.94. The van der Waals surface area contributed by atoms with Crippen molar-refractivity contribution in [3.63, 3.8) is 0 Å². The molecule has 150 valence electrons. The molecule has 0 bridgehead atoms. The second-order valence-corrected chi connectivity index (χ2v) is 6.79. The SMILES string of the molecule is CCOc1ccccc1NC(=O)N1CCN(CCc2cccc(OC)c2)CC1. The van der Waals surface area contributed by atoms with Gasteiger partial charge in [0.05, 0.1) is 19.4 Å². The maximum atomic E-state index is 12.6. The minimum absolute atomic E-state index is 0.0698. The maximum Gasteiger partial charge on any atom is 0.322 e. The number of urea groups is 1. The Balaban J connectivity index is 1.46. The molecule has 0 atom stereocenters. The summed E-state index contributed by atoms with van der Waals surface area (Å²) in [6.45, 7) is 6.69. The first-order valence-electron chi connectivity index (χ1n) is 9.82.